The lowest BCUT2D eigenvalue weighted by Gasteiger charge is -2.28. The lowest BCUT2D eigenvalue weighted by atomic mass is 10.1. The van der Waals surface area contributed by atoms with Crippen LogP contribution in [0, 0.1) is 0 Å². The van der Waals surface area contributed by atoms with E-state index in [0.29, 0.717) is 44.4 Å². The van der Waals surface area contributed by atoms with E-state index in [1.54, 1.807) is 17.3 Å². The van der Waals surface area contributed by atoms with Gasteiger partial charge in [-0.2, -0.15) is 4.98 Å². The zero-order chi connectivity index (χ0) is 18.1. The second-order valence-electron chi connectivity index (χ2n) is 6.25. The van der Waals surface area contributed by atoms with Crippen molar-refractivity contribution in [1.29, 1.82) is 0 Å². The number of rotatable bonds is 3. The second-order valence-corrected chi connectivity index (χ2v) is 6.25. The van der Waals surface area contributed by atoms with Crippen molar-refractivity contribution in [3.8, 4) is 11.3 Å². The molecule has 0 saturated carbocycles. The minimum absolute atomic E-state index is 0.0647. The fourth-order valence-electron chi connectivity index (χ4n) is 3.28. The zero-order valence-electron chi connectivity index (χ0n) is 14.7. The highest BCUT2D eigenvalue weighted by Crippen LogP contribution is 2.35. The lowest BCUT2D eigenvalue weighted by molar-refractivity contribution is -0.118. The van der Waals surface area contributed by atoms with Crippen molar-refractivity contribution in [2.45, 2.75) is 19.8 Å². The van der Waals surface area contributed by atoms with E-state index in [-0.39, 0.29) is 11.9 Å². The molecule has 1 saturated heterocycles. The van der Waals surface area contributed by atoms with Crippen LogP contribution in [0.3, 0.4) is 0 Å². The number of hydrogen-bond donors (Lipinski definition) is 1. The number of anilines is 3. The maximum absolute atomic E-state index is 12.3. The third kappa shape index (κ3) is 2.94. The highest BCUT2D eigenvalue weighted by atomic mass is 16.5. The predicted molar refractivity (Wildman–Crippen MR) is 96.9 cm³/mol. The number of aromatic nitrogens is 4. The summed E-state index contributed by atoms with van der Waals surface area (Å²) < 4.78 is 5.42. The third-order valence-electron chi connectivity index (χ3n) is 4.66. The van der Waals surface area contributed by atoms with Gasteiger partial charge in [-0.3, -0.25) is 9.69 Å². The molecule has 1 amide bonds. The fourth-order valence-corrected chi connectivity index (χ4v) is 3.28. The van der Waals surface area contributed by atoms with Crippen LogP contribution >= 0.6 is 0 Å². The molecule has 0 bridgehead atoms. The van der Waals surface area contributed by atoms with E-state index in [9.17, 15) is 4.79 Å². The molecule has 0 radical (unpaired) electrons. The monoisotopic (exact) mass is 355 g/mol. The van der Waals surface area contributed by atoms with Crippen molar-refractivity contribution < 1.29 is 9.53 Å². The molecule has 2 aliphatic rings. The Bertz CT molecular complexity index is 819. The summed E-state index contributed by atoms with van der Waals surface area (Å²) in [6, 6.07) is 0. The maximum atomic E-state index is 12.3. The summed E-state index contributed by atoms with van der Waals surface area (Å²) >= 11 is 0. The third-order valence-corrected chi connectivity index (χ3v) is 4.66. The molecular weight excluding hydrogens is 334 g/mol. The summed E-state index contributed by atoms with van der Waals surface area (Å²) in [7, 11) is 0. The number of nitrogen functional groups attached to an aromatic ring is 1. The van der Waals surface area contributed by atoms with Gasteiger partial charge in [-0.25, -0.2) is 15.0 Å². The Morgan fingerprint density at radius 3 is 2.62 bits per heavy atom. The molecule has 2 aliphatic heterocycles. The molecule has 0 spiro atoms. The molecule has 2 N–H and O–H groups in total. The van der Waals surface area contributed by atoms with Gasteiger partial charge in [-0.15, -0.1) is 0 Å². The van der Waals surface area contributed by atoms with E-state index in [1.807, 2.05) is 6.92 Å². The Kier molecular flexibility index (Phi) is 4.37. The molecule has 26 heavy (non-hydrogen) atoms. The van der Waals surface area contributed by atoms with Gasteiger partial charge in [0, 0.05) is 49.6 Å². The topological polar surface area (TPSA) is 110 Å². The van der Waals surface area contributed by atoms with Gasteiger partial charge in [0.15, 0.2) is 0 Å². The number of carbonyl (C=O) groups excluding carboxylic acids is 1. The van der Waals surface area contributed by atoms with Gasteiger partial charge in [0.25, 0.3) is 0 Å². The number of nitrogens with zero attached hydrogens (tertiary/aromatic N) is 6. The van der Waals surface area contributed by atoms with Crippen molar-refractivity contribution in [2.75, 3.05) is 48.4 Å². The van der Waals surface area contributed by atoms with Crippen LogP contribution in [0.4, 0.5) is 17.7 Å². The van der Waals surface area contributed by atoms with Crippen LogP contribution in [-0.4, -0.2) is 58.7 Å². The number of morpholine rings is 1. The van der Waals surface area contributed by atoms with E-state index in [1.165, 1.54) is 0 Å². The first-order valence-corrected chi connectivity index (χ1v) is 8.79. The molecular formula is C17H21N7O2. The number of nitrogens with two attached hydrogens (primary N) is 1. The van der Waals surface area contributed by atoms with Crippen molar-refractivity contribution >= 4 is 23.6 Å². The first-order chi connectivity index (χ1) is 12.7. The molecule has 9 nitrogen and oxygen atoms in total. The van der Waals surface area contributed by atoms with Gasteiger partial charge in [0.1, 0.15) is 5.82 Å². The Balaban J connectivity index is 1.83. The summed E-state index contributed by atoms with van der Waals surface area (Å²) in [5.41, 5.74) is 8.11. The van der Waals surface area contributed by atoms with Crippen molar-refractivity contribution in [1.82, 2.24) is 19.9 Å². The molecule has 136 valence electrons. The summed E-state index contributed by atoms with van der Waals surface area (Å²) in [5.74, 6) is 1.58. The minimum Gasteiger partial charge on any atom is -0.378 e. The molecule has 2 aromatic rings. The molecule has 1 fully saturated rings. The molecule has 0 atom stereocenters. The molecule has 2 aromatic heterocycles. The zero-order valence-corrected chi connectivity index (χ0v) is 14.7. The first-order valence-electron chi connectivity index (χ1n) is 8.79. The first kappa shape index (κ1) is 16.6. The molecule has 0 aromatic carbocycles. The van der Waals surface area contributed by atoms with Crippen LogP contribution in [0.1, 0.15) is 18.9 Å². The molecule has 0 unspecified atom stereocenters. The van der Waals surface area contributed by atoms with E-state index >= 15 is 0 Å². The number of fused-ring (bicyclic) bond motifs is 1. The Morgan fingerprint density at radius 2 is 1.92 bits per heavy atom. The van der Waals surface area contributed by atoms with Crippen molar-refractivity contribution in [3.05, 3.63) is 18.0 Å². The quantitative estimate of drug-likeness (QED) is 0.854. The van der Waals surface area contributed by atoms with Gasteiger partial charge in [-0.05, 0) is 6.42 Å². The number of ether oxygens (including phenoxy) is 1. The standard InChI is InChI=1S/C17H21N7O2/c1-2-13(25)24-4-3-12-14(11-9-19-16(18)20-10-11)21-17(22-15(12)24)23-5-7-26-8-6-23/h9-10H,2-8H2,1H3,(H2,18,19,20). The van der Waals surface area contributed by atoms with E-state index in [4.69, 9.17) is 20.4 Å². The molecule has 4 rings (SSSR count). The highest BCUT2D eigenvalue weighted by Gasteiger charge is 2.31. The Labute approximate surface area is 151 Å². The lowest BCUT2D eigenvalue weighted by Crippen LogP contribution is -2.38. The van der Waals surface area contributed by atoms with E-state index < -0.39 is 0 Å². The van der Waals surface area contributed by atoms with E-state index in [2.05, 4.69) is 14.9 Å². The average Bonchev–Trinajstić information content (AvgIpc) is 3.12. The highest BCUT2D eigenvalue weighted by molar-refractivity contribution is 5.95. The minimum atomic E-state index is 0.0647. The fraction of sp³-hybridized carbons (Fsp3) is 0.471. The maximum Gasteiger partial charge on any atom is 0.228 e. The summed E-state index contributed by atoms with van der Waals surface area (Å²) in [4.78, 5) is 33.9. The van der Waals surface area contributed by atoms with Crippen LogP contribution in [0.15, 0.2) is 12.4 Å². The van der Waals surface area contributed by atoms with Crippen LogP contribution in [-0.2, 0) is 16.0 Å². The molecule has 0 aliphatic carbocycles. The van der Waals surface area contributed by atoms with Gasteiger partial charge < -0.3 is 15.4 Å². The molecule has 4 heterocycles. The summed E-state index contributed by atoms with van der Waals surface area (Å²) in [6.45, 7) is 5.19. The van der Waals surface area contributed by atoms with Crippen LogP contribution in [0.2, 0.25) is 0 Å². The van der Waals surface area contributed by atoms with Gasteiger partial charge in [-0.1, -0.05) is 6.92 Å². The number of carbonyl (C=O) groups is 1. The summed E-state index contributed by atoms with van der Waals surface area (Å²) in [6.07, 6.45) is 4.48. The molecule has 9 heteroatoms. The van der Waals surface area contributed by atoms with Crippen molar-refractivity contribution in [2.24, 2.45) is 0 Å². The smallest absolute Gasteiger partial charge is 0.228 e. The van der Waals surface area contributed by atoms with Gasteiger partial charge in [0.05, 0.1) is 18.9 Å². The van der Waals surface area contributed by atoms with Gasteiger partial charge in [0.2, 0.25) is 17.8 Å². The van der Waals surface area contributed by atoms with Crippen LogP contribution in [0.25, 0.3) is 11.3 Å². The van der Waals surface area contributed by atoms with Crippen molar-refractivity contribution in [3.63, 3.8) is 0 Å². The van der Waals surface area contributed by atoms with Crippen LogP contribution < -0.4 is 15.5 Å². The Hall–Kier alpha value is -2.81. The summed E-state index contributed by atoms with van der Waals surface area (Å²) in [5, 5.41) is 0. The normalized spacial score (nSPS) is 16.7. The average molecular weight is 355 g/mol. The van der Waals surface area contributed by atoms with Crippen LogP contribution in [0.5, 0.6) is 0 Å². The van der Waals surface area contributed by atoms with Gasteiger partial charge >= 0.3 is 0 Å². The largest absolute Gasteiger partial charge is 0.378 e. The SMILES string of the molecule is CCC(=O)N1CCc2c(-c3cnc(N)nc3)nc(N3CCOCC3)nc21. The van der Waals surface area contributed by atoms with E-state index in [0.717, 1.165) is 29.9 Å². The second kappa shape index (κ2) is 6.83. The Morgan fingerprint density at radius 1 is 1.19 bits per heavy atom. The predicted octanol–water partition coefficient (Wildman–Crippen LogP) is 0.651. The number of hydrogen-bond acceptors (Lipinski definition) is 8. The number of amides is 1.